The van der Waals surface area contributed by atoms with Crippen LogP contribution in [0.15, 0.2) is 45.6 Å². The number of carbonyl (C=O) groups is 1. The molecule has 0 bridgehead atoms. The van der Waals surface area contributed by atoms with Crippen molar-refractivity contribution in [1.82, 2.24) is 4.98 Å². The number of rotatable bonds is 8. The molecule has 0 amide bonds. The van der Waals surface area contributed by atoms with Crippen LogP contribution in [0, 0.1) is 21.4 Å². The van der Waals surface area contributed by atoms with Crippen LogP contribution in [0.3, 0.4) is 0 Å². The van der Waals surface area contributed by atoms with Crippen LogP contribution >= 0.6 is 0 Å². The average molecular weight is 449 g/mol. The number of hydrogen-bond donors (Lipinski definition) is 1. The highest BCUT2D eigenvalue weighted by Crippen LogP contribution is 2.27. The van der Waals surface area contributed by atoms with E-state index in [1.165, 1.54) is 19.3 Å². The first-order chi connectivity index (χ1) is 15.9. The van der Waals surface area contributed by atoms with Gasteiger partial charge in [0.15, 0.2) is 0 Å². The SMILES string of the molecule is CCOC(=O)c1ccc(-c2ccc(/C=C\c3[nH]c(=O)c(C#N)c(COC)c3[N+](=O)[O-])o2)cc1. The number of nitriles is 1. The van der Waals surface area contributed by atoms with E-state index in [0.717, 1.165) is 0 Å². The molecule has 2 aromatic heterocycles. The summed E-state index contributed by atoms with van der Waals surface area (Å²) in [5.41, 5.74) is -0.614. The number of nitrogens with one attached hydrogen (secondary N) is 1. The van der Waals surface area contributed by atoms with Gasteiger partial charge < -0.3 is 18.9 Å². The van der Waals surface area contributed by atoms with Crippen LogP contribution in [0.1, 0.15) is 39.9 Å². The smallest absolute Gasteiger partial charge is 0.338 e. The van der Waals surface area contributed by atoms with Crippen molar-refractivity contribution < 1.29 is 23.6 Å². The van der Waals surface area contributed by atoms with Crippen LogP contribution in [-0.4, -0.2) is 29.6 Å². The van der Waals surface area contributed by atoms with E-state index in [4.69, 9.17) is 13.9 Å². The average Bonchev–Trinajstić information content (AvgIpc) is 3.27. The Labute approximate surface area is 187 Å². The van der Waals surface area contributed by atoms with E-state index in [-0.39, 0.29) is 30.0 Å². The summed E-state index contributed by atoms with van der Waals surface area (Å²) in [7, 11) is 1.31. The molecule has 3 aromatic rings. The zero-order chi connectivity index (χ0) is 24.0. The minimum atomic E-state index is -0.753. The Morgan fingerprint density at radius 1 is 1.24 bits per heavy atom. The largest absolute Gasteiger partial charge is 0.462 e. The van der Waals surface area contributed by atoms with Gasteiger partial charge in [-0.05, 0) is 43.3 Å². The Morgan fingerprint density at radius 3 is 2.58 bits per heavy atom. The van der Waals surface area contributed by atoms with Gasteiger partial charge in [0.25, 0.3) is 11.2 Å². The lowest BCUT2D eigenvalue weighted by atomic mass is 10.1. The summed E-state index contributed by atoms with van der Waals surface area (Å²) < 4.78 is 15.6. The summed E-state index contributed by atoms with van der Waals surface area (Å²) in [4.78, 5) is 37.3. The van der Waals surface area contributed by atoms with E-state index in [2.05, 4.69) is 4.98 Å². The van der Waals surface area contributed by atoms with Crippen molar-refractivity contribution in [2.45, 2.75) is 13.5 Å². The zero-order valence-electron chi connectivity index (χ0n) is 17.8. The Bertz CT molecular complexity index is 1310. The van der Waals surface area contributed by atoms with Crippen molar-refractivity contribution in [3.8, 4) is 17.4 Å². The number of ether oxygens (including phenoxy) is 2. The number of nitro groups is 1. The second kappa shape index (κ2) is 10.2. The van der Waals surface area contributed by atoms with E-state index < -0.39 is 22.1 Å². The molecule has 3 rings (SSSR count). The van der Waals surface area contributed by atoms with E-state index in [1.807, 2.05) is 0 Å². The first kappa shape index (κ1) is 23.2. The Kier molecular flexibility index (Phi) is 7.17. The molecular weight excluding hydrogens is 430 g/mol. The lowest BCUT2D eigenvalue weighted by molar-refractivity contribution is -0.386. The fourth-order valence-electron chi connectivity index (χ4n) is 3.14. The number of methoxy groups -OCH3 is 1. The molecule has 0 radical (unpaired) electrons. The van der Waals surface area contributed by atoms with Crippen LogP contribution < -0.4 is 5.56 Å². The first-order valence-electron chi connectivity index (χ1n) is 9.77. The third kappa shape index (κ3) is 5.06. The number of nitrogens with zero attached hydrogens (tertiary/aromatic N) is 2. The summed E-state index contributed by atoms with van der Waals surface area (Å²) in [5.74, 6) is 0.457. The van der Waals surface area contributed by atoms with Crippen LogP contribution in [-0.2, 0) is 16.1 Å². The fourth-order valence-corrected chi connectivity index (χ4v) is 3.14. The molecule has 0 fully saturated rings. The highest BCUT2D eigenvalue weighted by Gasteiger charge is 2.25. The van der Waals surface area contributed by atoms with Gasteiger partial charge in [-0.15, -0.1) is 0 Å². The standard InChI is InChI=1S/C23H19N3O7/c1-3-32-23(28)15-6-4-14(5-7-15)20-11-9-16(33-20)8-10-19-21(26(29)30)18(13-31-2)17(12-24)22(27)25-19/h4-11H,3,13H2,1-2H3,(H,25,27)/b10-8-. The predicted octanol–water partition coefficient (Wildman–Crippen LogP) is 3.91. The molecule has 33 heavy (non-hydrogen) atoms. The number of aromatic amines is 1. The maximum atomic E-state index is 12.2. The van der Waals surface area contributed by atoms with Gasteiger partial charge in [0, 0.05) is 12.7 Å². The quantitative estimate of drug-likeness (QED) is 0.309. The van der Waals surface area contributed by atoms with Gasteiger partial charge in [-0.25, -0.2) is 4.79 Å². The predicted molar refractivity (Wildman–Crippen MR) is 118 cm³/mol. The molecule has 0 aliphatic rings. The molecule has 0 unspecified atom stereocenters. The van der Waals surface area contributed by atoms with Gasteiger partial charge in [-0.1, -0.05) is 12.1 Å². The van der Waals surface area contributed by atoms with E-state index in [0.29, 0.717) is 22.6 Å². The summed E-state index contributed by atoms with van der Waals surface area (Å²) in [5, 5.41) is 20.9. The maximum absolute atomic E-state index is 12.2. The van der Waals surface area contributed by atoms with Crippen molar-refractivity contribution in [2.75, 3.05) is 13.7 Å². The van der Waals surface area contributed by atoms with E-state index in [1.54, 1.807) is 49.4 Å². The van der Waals surface area contributed by atoms with Crippen LogP contribution in [0.25, 0.3) is 23.5 Å². The third-order valence-corrected chi connectivity index (χ3v) is 4.62. The second-order valence-corrected chi connectivity index (χ2v) is 6.71. The molecule has 0 atom stereocenters. The molecule has 0 aliphatic carbocycles. The highest BCUT2D eigenvalue weighted by molar-refractivity contribution is 5.90. The fraction of sp³-hybridized carbons (Fsp3) is 0.174. The number of pyridine rings is 1. The van der Waals surface area contributed by atoms with Crippen molar-refractivity contribution >= 4 is 23.8 Å². The molecule has 0 spiro atoms. The normalized spacial score (nSPS) is 10.8. The number of carbonyl (C=O) groups excluding carboxylic acids is 1. The zero-order valence-corrected chi connectivity index (χ0v) is 17.8. The molecule has 10 heteroatoms. The van der Waals surface area contributed by atoms with Gasteiger partial charge >= 0.3 is 5.97 Å². The van der Waals surface area contributed by atoms with Crippen molar-refractivity contribution in [3.63, 3.8) is 0 Å². The number of esters is 1. The number of aromatic nitrogens is 1. The summed E-state index contributed by atoms with van der Waals surface area (Å²) in [6, 6.07) is 11.7. The van der Waals surface area contributed by atoms with Crippen LogP contribution in [0.4, 0.5) is 5.69 Å². The van der Waals surface area contributed by atoms with Gasteiger partial charge in [-0.2, -0.15) is 5.26 Å². The third-order valence-electron chi connectivity index (χ3n) is 4.62. The van der Waals surface area contributed by atoms with Crippen LogP contribution in [0.2, 0.25) is 0 Å². The molecule has 1 aromatic carbocycles. The molecule has 1 N–H and O–H groups in total. The Balaban J connectivity index is 1.92. The number of hydrogen-bond acceptors (Lipinski definition) is 8. The molecule has 0 aliphatic heterocycles. The van der Waals surface area contributed by atoms with Gasteiger partial charge in [0.2, 0.25) is 0 Å². The minimum absolute atomic E-state index is 0.0900. The summed E-state index contributed by atoms with van der Waals surface area (Å²) in [6.45, 7) is 1.74. The Morgan fingerprint density at radius 2 is 1.97 bits per heavy atom. The van der Waals surface area contributed by atoms with Crippen molar-refractivity contribution in [3.05, 3.63) is 85.0 Å². The van der Waals surface area contributed by atoms with Crippen molar-refractivity contribution in [2.24, 2.45) is 0 Å². The van der Waals surface area contributed by atoms with Gasteiger partial charge in [0.1, 0.15) is 28.8 Å². The highest BCUT2D eigenvalue weighted by atomic mass is 16.6. The molecule has 0 saturated heterocycles. The topological polar surface area (TPSA) is 148 Å². The first-order valence-corrected chi connectivity index (χ1v) is 9.77. The maximum Gasteiger partial charge on any atom is 0.338 e. The number of furan rings is 1. The number of H-pyrrole nitrogens is 1. The molecule has 168 valence electrons. The summed E-state index contributed by atoms with van der Waals surface area (Å²) in [6.07, 6.45) is 2.78. The molecule has 10 nitrogen and oxygen atoms in total. The molecule has 0 saturated carbocycles. The van der Waals surface area contributed by atoms with Gasteiger partial charge in [0.05, 0.1) is 29.3 Å². The Hall–Kier alpha value is -4.49. The number of benzene rings is 1. The molecule has 2 heterocycles. The van der Waals surface area contributed by atoms with E-state index >= 15 is 0 Å². The van der Waals surface area contributed by atoms with Crippen LogP contribution in [0.5, 0.6) is 0 Å². The summed E-state index contributed by atoms with van der Waals surface area (Å²) >= 11 is 0. The van der Waals surface area contributed by atoms with Gasteiger partial charge in [-0.3, -0.25) is 14.9 Å². The lowest BCUT2D eigenvalue weighted by Gasteiger charge is -2.06. The van der Waals surface area contributed by atoms with E-state index in [9.17, 15) is 25.0 Å². The van der Waals surface area contributed by atoms with Crippen molar-refractivity contribution in [1.29, 1.82) is 5.26 Å². The lowest BCUT2D eigenvalue weighted by Crippen LogP contribution is -2.18. The monoisotopic (exact) mass is 449 g/mol. The molecular formula is C23H19N3O7. The second-order valence-electron chi connectivity index (χ2n) is 6.71. The minimum Gasteiger partial charge on any atom is -0.462 e.